The number of imidazole rings is 1. The van der Waals surface area contributed by atoms with Crippen LogP contribution in [0.2, 0.25) is 0 Å². The molecule has 7 nitrogen and oxygen atoms in total. The van der Waals surface area contributed by atoms with Gasteiger partial charge in [0.1, 0.15) is 11.5 Å². The molecule has 3 aromatic rings. The normalized spacial score (nSPS) is 12.9. The maximum Gasteiger partial charge on any atom is 0.258 e. The average molecular weight is 419 g/mol. The van der Waals surface area contributed by atoms with Gasteiger partial charge in [0, 0.05) is 31.2 Å². The summed E-state index contributed by atoms with van der Waals surface area (Å²) >= 11 is 0. The number of hydrogen-bond donors (Lipinski definition) is 1. The Labute approximate surface area is 166 Å². The van der Waals surface area contributed by atoms with Crippen LogP contribution in [-0.4, -0.2) is 42.0 Å². The van der Waals surface area contributed by atoms with Gasteiger partial charge < -0.3 is 9.30 Å². The van der Waals surface area contributed by atoms with Crippen LogP contribution in [0.3, 0.4) is 0 Å². The maximum absolute atomic E-state index is 12.8. The van der Waals surface area contributed by atoms with Crippen molar-refractivity contribution >= 4 is 21.5 Å². The average Bonchev–Trinajstić information content (AvgIpc) is 3.08. The highest BCUT2D eigenvalue weighted by Crippen LogP contribution is 2.16. The number of benzene rings is 1. The molecule has 0 saturated heterocycles. The number of halogens is 2. The van der Waals surface area contributed by atoms with Crippen molar-refractivity contribution in [2.24, 2.45) is 10.1 Å². The molecule has 0 atom stereocenters. The number of aliphatic imine (C=N–C) groups is 1. The third kappa shape index (κ3) is 5.04. The number of amidine groups is 1. The number of hydrogen-bond acceptors (Lipinski definition) is 4. The lowest BCUT2D eigenvalue weighted by atomic mass is 10.2. The highest BCUT2D eigenvalue weighted by atomic mass is 32.2. The molecule has 2 aromatic heterocycles. The van der Waals surface area contributed by atoms with Crippen LogP contribution in [0, 0.1) is 0 Å². The van der Waals surface area contributed by atoms with E-state index in [-0.39, 0.29) is 11.4 Å². The number of nitrogens with zero attached hydrogens (tertiary/aromatic N) is 4. The van der Waals surface area contributed by atoms with Gasteiger partial charge in [0.2, 0.25) is 10.0 Å². The standard InChI is InChI=1S/C19H19F2N5O2S/c1-23-19(14-5-7-16(8-6-14)29(22,27)28)26(11-9-17(20)21)13-15-12-25-10-3-2-4-18(25)24-15/h2-12,17H,13H2,1H3,(H2,22,27,28)/b11-9+,23-19?. The highest BCUT2D eigenvalue weighted by Gasteiger charge is 2.16. The van der Waals surface area contributed by atoms with Crippen molar-refractivity contribution in [2.45, 2.75) is 17.9 Å². The first-order valence-electron chi connectivity index (χ1n) is 8.53. The van der Waals surface area contributed by atoms with Crippen LogP contribution in [0.25, 0.3) is 5.65 Å². The van der Waals surface area contributed by atoms with Gasteiger partial charge in [-0.05, 0) is 42.5 Å². The Morgan fingerprint density at radius 3 is 2.59 bits per heavy atom. The molecule has 0 saturated carbocycles. The zero-order chi connectivity index (χ0) is 21.0. The zero-order valence-corrected chi connectivity index (χ0v) is 16.3. The number of pyridine rings is 1. The number of fused-ring (bicyclic) bond motifs is 1. The lowest BCUT2D eigenvalue weighted by Gasteiger charge is -2.22. The zero-order valence-electron chi connectivity index (χ0n) is 15.5. The summed E-state index contributed by atoms with van der Waals surface area (Å²) in [4.78, 5) is 10.2. The Balaban J connectivity index is 1.95. The van der Waals surface area contributed by atoms with Crippen molar-refractivity contribution < 1.29 is 17.2 Å². The van der Waals surface area contributed by atoms with Crippen LogP contribution >= 0.6 is 0 Å². The van der Waals surface area contributed by atoms with Crippen molar-refractivity contribution in [1.29, 1.82) is 0 Å². The Bertz CT molecular complexity index is 1120. The maximum atomic E-state index is 12.8. The van der Waals surface area contributed by atoms with Crippen LogP contribution in [0.1, 0.15) is 11.3 Å². The SMILES string of the molecule is CN=C(c1ccc(S(N)(=O)=O)cc1)N(/C=C/C(F)F)Cc1cn2ccccc2n1. The lowest BCUT2D eigenvalue weighted by Crippen LogP contribution is -2.27. The summed E-state index contributed by atoms with van der Waals surface area (Å²) in [7, 11) is -2.31. The van der Waals surface area contributed by atoms with Gasteiger partial charge in [0.25, 0.3) is 6.43 Å². The van der Waals surface area contributed by atoms with Gasteiger partial charge in [-0.2, -0.15) is 0 Å². The third-order valence-electron chi connectivity index (χ3n) is 4.08. The molecule has 0 aliphatic rings. The number of alkyl halides is 2. The quantitative estimate of drug-likeness (QED) is 0.491. The number of sulfonamides is 1. The Hall–Kier alpha value is -3.11. The van der Waals surface area contributed by atoms with Crippen LogP contribution in [0.4, 0.5) is 8.78 Å². The molecule has 0 spiro atoms. The molecular weight excluding hydrogens is 400 g/mol. The van der Waals surface area contributed by atoms with E-state index in [4.69, 9.17) is 5.14 Å². The van der Waals surface area contributed by atoms with Crippen molar-refractivity contribution in [3.05, 3.63) is 78.4 Å². The summed E-state index contributed by atoms with van der Waals surface area (Å²) in [6, 6.07) is 11.3. The van der Waals surface area contributed by atoms with E-state index in [2.05, 4.69) is 9.98 Å². The summed E-state index contributed by atoms with van der Waals surface area (Å²) in [5, 5.41) is 5.12. The van der Waals surface area contributed by atoms with Gasteiger partial charge >= 0.3 is 0 Å². The Morgan fingerprint density at radius 1 is 1.28 bits per heavy atom. The molecule has 0 bridgehead atoms. The molecule has 152 valence electrons. The second-order valence-electron chi connectivity index (χ2n) is 6.12. The Kier molecular flexibility index (Phi) is 6.04. The predicted molar refractivity (Wildman–Crippen MR) is 106 cm³/mol. The van der Waals surface area contributed by atoms with Crippen LogP contribution in [-0.2, 0) is 16.6 Å². The van der Waals surface area contributed by atoms with Crippen LogP contribution < -0.4 is 5.14 Å². The molecule has 29 heavy (non-hydrogen) atoms. The van der Waals surface area contributed by atoms with Gasteiger partial charge in [0.15, 0.2) is 0 Å². The Morgan fingerprint density at radius 2 is 2.00 bits per heavy atom. The fraction of sp³-hybridized carbons (Fsp3) is 0.158. The van der Waals surface area contributed by atoms with E-state index in [0.717, 1.165) is 11.7 Å². The summed E-state index contributed by atoms with van der Waals surface area (Å²) in [5.41, 5.74) is 1.92. The number of rotatable bonds is 6. The summed E-state index contributed by atoms with van der Waals surface area (Å²) < 4.78 is 50.3. The monoisotopic (exact) mass is 419 g/mol. The molecular formula is C19H19F2N5O2S. The van der Waals surface area contributed by atoms with E-state index in [0.29, 0.717) is 17.1 Å². The number of primary sulfonamides is 1. The minimum absolute atomic E-state index is 0.0493. The molecule has 2 N–H and O–H groups in total. The smallest absolute Gasteiger partial charge is 0.258 e. The molecule has 0 amide bonds. The van der Waals surface area contributed by atoms with E-state index >= 15 is 0 Å². The molecule has 0 aliphatic carbocycles. The minimum Gasteiger partial charge on any atom is -0.327 e. The fourth-order valence-electron chi connectivity index (χ4n) is 2.82. The van der Waals surface area contributed by atoms with E-state index in [1.54, 1.807) is 6.20 Å². The van der Waals surface area contributed by atoms with Crippen molar-refractivity contribution in [2.75, 3.05) is 7.05 Å². The molecule has 2 heterocycles. The van der Waals surface area contributed by atoms with Crippen molar-refractivity contribution in [3.63, 3.8) is 0 Å². The third-order valence-corrected chi connectivity index (χ3v) is 5.01. The first-order valence-corrected chi connectivity index (χ1v) is 10.1. The predicted octanol–water partition coefficient (Wildman–Crippen LogP) is 2.64. The number of allylic oxidation sites excluding steroid dienone is 1. The first-order chi connectivity index (χ1) is 13.8. The first kappa shape index (κ1) is 20.6. The fourth-order valence-corrected chi connectivity index (χ4v) is 3.34. The molecule has 0 radical (unpaired) electrons. The van der Waals surface area contributed by atoms with Gasteiger partial charge in [0.05, 0.1) is 17.1 Å². The molecule has 0 unspecified atom stereocenters. The van der Waals surface area contributed by atoms with Gasteiger partial charge in [-0.15, -0.1) is 0 Å². The molecule has 1 aromatic carbocycles. The van der Waals surface area contributed by atoms with Crippen molar-refractivity contribution in [1.82, 2.24) is 14.3 Å². The highest BCUT2D eigenvalue weighted by molar-refractivity contribution is 7.89. The molecule has 3 rings (SSSR count). The van der Waals surface area contributed by atoms with Gasteiger partial charge in [-0.1, -0.05) is 6.07 Å². The largest absolute Gasteiger partial charge is 0.327 e. The number of aromatic nitrogens is 2. The summed E-state index contributed by atoms with van der Waals surface area (Å²) in [6.45, 7) is 0.189. The summed E-state index contributed by atoms with van der Waals surface area (Å²) in [6.07, 6.45) is 2.99. The van der Waals surface area contributed by atoms with Gasteiger partial charge in [-0.25, -0.2) is 27.3 Å². The second-order valence-corrected chi connectivity index (χ2v) is 7.68. The van der Waals surface area contributed by atoms with Crippen LogP contribution in [0.15, 0.2) is 77.0 Å². The summed E-state index contributed by atoms with van der Waals surface area (Å²) in [5.74, 6) is 0.375. The van der Waals surface area contributed by atoms with E-state index in [1.165, 1.54) is 42.4 Å². The number of nitrogens with two attached hydrogens (primary N) is 1. The van der Waals surface area contributed by atoms with E-state index in [1.807, 2.05) is 28.8 Å². The van der Waals surface area contributed by atoms with Crippen LogP contribution in [0.5, 0.6) is 0 Å². The molecule has 0 fully saturated rings. The second kappa shape index (κ2) is 8.50. The minimum atomic E-state index is -3.84. The molecule has 0 aliphatic heterocycles. The topological polar surface area (TPSA) is 93.1 Å². The molecule has 10 heteroatoms. The van der Waals surface area contributed by atoms with Gasteiger partial charge in [-0.3, -0.25) is 4.99 Å². The van der Waals surface area contributed by atoms with E-state index < -0.39 is 16.4 Å². The lowest BCUT2D eigenvalue weighted by molar-refractivity contribution is 0.202. The van der Waals surface area contributed by atoms with Crippen molar-refractivity contribution in [3.8, 4) is 0 Å². The van der Waals surface area contributed by atoms with E-state index in [9.17, 15) is 17.2 Å².